The number of rotatable bonds is 15. The molecule has 57 heavy (non-hydrogen) atoms. The van der Waals surface area contributed by atoms with E-state index in [9.17, 15) is 28.8 Å². The Labute approximate surface area is 335 Å². The second kappa shape index (κ2) is 17.6. The third-order valence-corrected chi connectivity index (χ3v) is 12.6. The summed E-state index contributed by atoms with van der Waals surface area (Å²) in [6.07, 6.45) is 13.2. The maximum Gasteiger partial charge on any atom is 0.289 e. The van der Waals surface area contributed by atoms with Gasteiger partial charge in [0.05, 0.1) is 24.8 Å². The molecule has 2 aliphatic carbocycles. The largest absolute Gasteiger partial charge is 0.347 e. The lowest BCUT2D eigenvalue weighted by Gasteiger charge is -2.40. The van der Waals surface area contributed by atoms with E-state index in [1.54, 1.807) is 4.90 Å². The fraction of sp³-hybridized carbons (Fsp3) is 0.732. The summed E-state index contributed by atoms with van der Waals surface area (Å²) in [6.45, 7) is 10.3. The monoisotopic (exact) mass is 791 g/mol. The number of ketones is 1. The van der Waals surface area contributed by atoms with Gasteiger partial charge in [0.1, 0.15) is 29.5 Å². The predicted octanol–water partition coefficient (Wildman–Crippen LogP) is 1.83. The van der Waals surface area contributed by atoms with Crippen LogP contribution < -0.4 is 21.3 Å². The number of carbonyl (C=O) groups excluding carboxylic acids is 7. The van der Waals surface area contributed by atoms with E-state index in [0.717, 1.165) is 57.8 Å². The summed E-state index contributed by atoms with van der Waals surface area (Å²) >= 11 is 0. The molecule has 0 bridgehead atoms. The number of hydrogen-bond donors (Lipinski definition) is 4. The highest BCUT2D eigenvalue weighted by molar-refractivity contribution is 6.38. The maximum absolute atomic E-state index is 15.2. The molecule has 1 aromatic heterocycles. The lowest BCUT2D eigenvalue weighted by molar-refractivity contribution is -0.145. The van der Waals surface area contributed by atoms with E-state index in [-0.39, 0.29) is 49.0 Å². The standard InChI is InChI=1S/C41H61N9O7/c1-6-8-15-27(32(51)37(55)44-26-17-18-26)45-35(53)30-22-41(49(7-2)38(56)29-16-12-21-50(29)41)24-48(30)39(57)33(40(3,4)5)47-36(54)31(25-13-10-9-11-14-25)46-34(52)28-23-42-19-20-43-28/h19-20,23,25-27,29-31,33H,6-18,21-22,24H2,1-5H3,(H,44,55)(H,45,53)(H,46,52)(H,47,54)/t27?,29-,30+,31+,33-,41?/m1/s1. The molecule has 5 fully saturated rings. The molecule has 3 aliphatic heterocycles. The minimum atomic E-state index is -1.14. The smallest absolute Gasteiger partial charge is 0.289 e. The van der Waals surface area contributed by atoms with Gasteiger partial charge in [-0.15, -0.1) is 0 Å². The molecule has 4 N–H and O–H groups in total. The first-order valence-corrected chi connectivity index (χ1v) is 21.1. The Balaban J connectivity index is 1.31. The molecule has 6 rings (SSSR count). The zero-order valence-electron chi connectivity index (χ0n) is 34.2. The van der Waals surface area contributed by atoms with Crippen LogP contribution in [0.15, 0.2) is 18.6 Å². The lowest BCUT2D eigenvalue weighted by atomic mass is 9.82. The topological polar surface area (TPSA) is 203 Å². The average molecular weight is 792 g/mol. The molecule has 16 nitrogen and oxygen atoms in total. The zero-order chi connectivity index (χ0) is 41.1. The highest BCUT2D eigenvalue weighted by Gasteiger charge is 2.64. The van der Waals surface area contributed by atoms with Crippen LogP contribution in [-0.4, -0.2) is 127 Å². The van der Waals surface area contributed by atoms with Crippen molar-refractivity contribution in [2.45, 2.75) is 160 Å². The number of hydrogen-bond acceptors (Lipinski definition) is 10. The van der Waals surface area contributed by atoms with Crippen molar-refractivity contribution >= 4 is 41.2 Å². The number of fused-ring (bicyclic) bond motifs is 2. The van der Waals surface area contributed by atoms with Crippen molar-refractivity contribution in [1.82, 2.24) is 45.9 Å². The van der Waals surface area contributed by atoms with Crippen LogP contribution in [0.4, 0.5) is 0 Å². The molecule has 6 amide bonds. The molecule has 2 saturated carbocycles. The van der Waals surface area contributed by atoms with E-state index >= 15 is 4.79 Å². The normalized spacial score (nSPS) is 25.5. The van der Waals surface area contributed by atoms with Gasteiger partial charge in [-0.1, -0.05) is 59.8 Å². The minimum absolute atomic E-state index is 0.0215. The van der Waals surface area contributed by atoms with Crippen molar-refractivity contribution in [3.05, 3.63) is 24.3 Å². The second-order valence-corrected chi connectivity index (χ2v) is 17.7. The van der Waals surface area contributed by atoms with Crippen LogP contribution in [0.2, 0.25) is 0 Å². The Morgan fingerprint density at radius 1 is 0.930 bits per heavy atom. The molecule has 0 radical (unpaired) electrons. The highest BCUT2D eigenvalue weighted by Crippen LogP contribution is 2.46. The molecule has 4 heterocycles. The SMILES string of the molecule is CCCCC(NC(=O)[C@@H]1CC2(CN1C(=O)[C@@H](NC(=O)[C@@H](NC(=O)c1cnccn1)C1CCCCC1)C(C)(C)C)N(CC)C(=O)[C@H]1CCCN12)C(=O)C(=O)NC1CC1. The number of nitrogens with one attached hydrogen (secondary N) is 4. The fourth-order valence-electron chi connectivity index (χ4n) is 9.38. The van der Waals surface area contributed by atoms with Crippen molar-refractivity contribution in [3.63, 3.8) is 0 Å². The molecule has 1 spiro atoms. The minimum Gasteiger partial charge on any atom is -0.347 e. The summed E-state index contributed by atoms with van der Waals surface area (Å²) < 4.78 is 0. The van der Waals surface area contributed by atoms with E-state index in [0.29, 0.717) is 25.9 Å². The molecule has 312 valence electrons. The highest BCUT2D eigenvalue weighted by atomic mass is 16.2. The quantitative estimate of drug-likeness (QED) is 0.190. The van der Waals surface area contributed by atoms with Crippen molar-refractivity contribution < 1.29 is 33.6 Å². The second-order valence-electron chi connectivity index (χ2n) is 17.7. The van der Waals surface area contributed by atoms with Gasteiger partial charge in [0, 0.05) is 37.9 Å². The van der Waals surface area contributed by atoms with Crippen LogP contribution in [0.25, 0.3) is 0 Å². The van der Waals surface area contributed by atoms with Crippen molar-refractivity contribution in [1.29, 1.82) is 0 Å². The van der Waals surface area contributed by atoms with E-state index in [4.69, 9.17) is 0 Å². The van der Waals surface area contributed by atoms with Gasteiger partial charge in [-0.2, -0.15) is 0 Å². The molecular formula is C41H61N9O7. The third kappa shape index (κ3) is 9.00. The summed E-state index contributed by atoms with van der Waals surface area (Å²) in [5.74, 6) is -3.83. The number of aromatic nitrogens is 2. The number of amides is 6. The summed E-state index contributed by atoms with van der Waals surface area (Å²) in [5.41, 5.74) is -1.76. The van der Waals surface area contributed by atoms with Crippen molar-refractivity contribution in [3.8, 4) is 0 Å². The van der Waals surface area contributed by atoms with Crippen molar-refractivity contribution in [2.24, 2.45) is 11.3 Å². The van der Waals surface area contributed by atoms with Gasteiger partial charge in [0.25, 0.3) is 11.8 Å². The lowest BCUT2D eigenvalue weighted by Crippen LogP contribution is -2.62. The van der Waals surface area contributed by atoms with Crippen molar-refractivity contribution in [2.75, 3.05) is 19.6 Å². The molecule has 5 aliphatic rings. The summed E-state index contributed by atoms with van der Waals surface area (Å²) in [6, 6.07) is -4.71. The summed E-state index contributed by atoms with van der Waals surface area (Å²) in [7, 11) is 0. The number of likely N-dealkylation sites (N-methyl/N-ethyl adjacent to an activating group) is 1. The van der Waals surface area contributed by atoms with E-state index in [2.05, 4.69) is 36.1 Å². The first kappa shape index (κ1) is 42.1. The number of nitrogens with zero attached hydrogens (tertiary/aromatic N) is 5. The Hall–Kier alpha value is -4.47. The van der Waals surface area contributed by atoms with Crippen LogP contribution in [0.3, 0.4) is 0 Å². The van der Waals surface area contributed by atoms with Gasteiger partial charge >= 0.3 is 0 Å². The Morgan fingerprint density at radius 2 is 1.67 bits per heavy atom. The van der Waals surface area contributed by atoms with Gasteiger partial charge < -0.3 is 31.1 Å². The molecule has 3 saturated heterocycles. The Kier molecular flexibility index (Phi) is 13.0. The molecule has 16 heteroatoms. The fourth-order valence-corrected chi connectivity index (χ4v) is 9.38. The van der Waals surface area contributed by atoms with Crippen LogP contribution in [0.5, 0.6) is 0 Å². The maximum atomic E-state index is 15.2. The van der Waals surface area contributed by atoms with E-state index < -0.39 is 70.6 Å². The average Bonchev–Trinajstić information content (AvgIpc) is 3.62. The molecule has 0 aromatic carbocycles. The molecular weight excluding hydrogens is 731 g/mol. The first-order valence-electron chi connectivity index (χ1n) is 21.1. The van der Waals surface area contributed by atoms with Gasteiger partial charge in [-0.25, -0.2) is 4.98 Å². The Morgan fingerprint density at radius 3 is 2.30 bits per heavy atom. The van der Waals surface area contributed by atoms with Gasteiger partial charge in [0.15, 0.2) is 0 Å². The number of unbranched alkanes of at least 4 members (excludes halogenated alkanes) is 1. The first-order chi connectivity index (χ1) is 27.2. The zero-order valence-corrected chi connectivity index (χ0v) is 34.2. The summed E-state index contributed by atoms with van der Waals surface area (Å²) in [4.78, 5) is 111. The number of Topliss-reactive ketones (excluding diaryl/α,β-unsaturated/α-hetero) is 1. The molecule has 1 aromatic rings. The number of carbonyl (C=O) groups is 7. The molecule has 2 unspecified atom stereocenters. The molecule has 6 atom stereocenters. The van der Waals surface area contributed by atoms with Crippen LogP contribution >= 0.6 is 0 Å². The van der Waals surface area contributed by atoms with Gasteiger partial charge in [-0.05, 0) is 63.2 Å². The van der Waals surface area contributed by atoms with Gasteiger partial charge in [0.2, 0.25) is 29.4 Å². The van der Waals surface area contributed by atoms with E-state index in [1.807, 2.05) is 34.6 Å². The summed E-state index contributed by atoms with van der Waals surface area (Å²) in [5, 5.41) is 11.5. The van der Waals surface area contributed by atoms with Crippen LogP contribution in [0.1, 0.15) is 129 Å². The Bertz CT molecular complexity index is 1690. The van der Waals surface area contributed by atoms with Crippen LogP contribution in [0, 0.1) is 11.3 Å². The van der Waals surface area contributed by atoms with Gasteiger partial charge in [-0.3, -0.25) is 43.4 Å². The van der Waals surface area contributed by atoms with Crippen LogP contribution in [-0.2, 0) is 28.8 Å². The third-order valence-electron chi connectivity index (χ3n) is 12.6. The number of likely N-dealkylation sites (tertiary alicyclic amines) is 1. The predicted molar refractivity (Wildman–Crippen MR) is 209 cm³/mol. The van der Waals surface area contributed by atoms with E-state index in [1.165, 1.54) is 23.5 Å².